The van der Waals surface area contributed by atoms with E-state index < -0.39 is 0 Å². The highest BCUT2D eigenvalue weighted by atomic mass is 79.9. The summed E-state index contributed by atoms with van der Waals surface area (Å²) in [5.74, 6) is 0. The fourth-order valence-electron chi connectivity index (χ4n) is 2.21. The fraction of sp³-hybridized carbons (Fsp3) is 0.125. The molecule has 0 radical (unpaired) electrons. The SMILES string of the molecule is Brc1occc1C(Br)Cc1ccc2ccccc2c1. The predicted molar refractivity (Wildman–Crippen MR) is 85.7 cm³/mol. The lowest BCUT2D eigenvalue weighted by Crippen LogP contribution is -1.94. The number of furan rings is 1. The second kappa shape index (κ2) is 5.51. The van der Waals surface area contributed by atoms with Gasteiger partial charge in [-0.2, -0.15) is 0 Å². The summed E-state index contributed by atoms with van der Waals surface area (Å²) < 4.78 is 6.08. The van der Waals surface area contributed by atoms with Crippen LogP contribution in [0.4, 0.5) is 0 Å². The number of rotatable bonds is 3. The van der Waals surface area contributed by atoms with E-state index in [1.807, 2.05) is 6.07 Å². The Balaban J connectivity index is 1.87. The molecule has 1 heterocycles. The Labute approximate surface area is 128 Å². The lowest BCUT2D eigenvalue weighted by molar-refractivity contribution is 0.536. The van der Waals surface area contributed by atoms with E-state index in [1.165, 1.54) is 16.3 Å². The van der Waals surface area contributed by atoms with E-state index in [4.69, 9.17) is 4.42 Å². The summed E-state index contributed by atoms with van der Waals surface area (Å²) in [6.45, 7) is 0. The van der Waals surface area contributed by atoms with Crippen LogP contribution >= 0.6 is 31.9 Å². The van der Waals surface area contributed by atoms with E-state index >= 15 is 0 Å². The quantitative estimate of drug-likeness (QED) is 0.518. The molecule has 0 aliphatic carbocycles. The minimum atomic E-state index is 0.252. The average molecular weight is 380 g/mol. The number of alkyl halides is 1. The zero-order valence-electron chi connectivity index (χ0n) is 10.1. The van der Waals surface area contributed by atoms with Crippen molar-refractivity contribution in [1.82, 2.24) is 0 Å². The second-order valence-electron chi connectivity index (χ2n) is 4.50. The van der Waals surface area contributed by atoms with Crippen molar-refractivity contribution in [2.24, 2.45) is 0 Å². The third-order valence-corrected chi connectivity index (χ3v) is 4.67. The molecular weight excluding hydrogens is 368 g/mol. The van der Waals surface area contributed by atoms with Gasteiger partial charge in [0.25, 0.3) is 0 Å². The molecule has 0 amide bonds. The third kappa shape index (κ3) is 2.77. The van der Waals surface area contributed by atoms with Gasteiger partial charge in [0.2, 0.25) is 0 Å². The highest BCUT2D eigenvalue weighted by Crippen LogP contribution is 2.33. The molecule has 0 aliphatic rings. The van der Waals surface area contributed by atoms with Crippen molar-refractivity contribution >= 4 is 42.6 Å². The summed E-state index contributed by atoms with van der Waals surface area (Å²) in [5.41, 5.74) is 2.46. The minimum Gasteiger partial charge on any atom is -0.457 e. The maximum atomic E-state index is 5.28. The van der Waals surface area contributed by atoms with Crippen molar-refractivity contribution in [2.75, 3.05) is 0 Å². The molecule has 0 saturated carbocycles. The van der Waals surface area contributed by atoms with Crippen LogP contribution in [0.1, 0.15) is 16.0 Å². The molecule has 1 unspecified atom stereocenters. The molecule has 0 fully saturated rings. The van der Waals surface area contributed by atoms with Crippen LogP contribution in [0.3, 0.4) is 0 Å². The van der Waals surface area contributed by atoms with E-state index in [0.717, 1.165) is 16.7 Å². The number of hydrogen-bond donors (Lipinski definition) is 0. The Morgan fingerprint density at radius 1 is 1.00 bits per heavy atom. The molecule has 1 nitrogen and oxygen atoms in total. The maximum absolute atomic E-state index is 5.28. The summed E-state index contributed by atoms with van der Waals surface area (Å²) in [7, 11) is 0. The topological polar surface area (TPSA) is 13.1 Å². The first-order chi connectivity index (χ1) is 9.24. The maximum Gasteiger partial charge on any atom is 0.173 e. The Kier molecular flexibility index (Phi) is 3.76. The van der Waals surface area contributed by atoms with Gasteiger partial charge in [0.15, 0.2) is 4.67 Å². The normalized spacial score (nSPS) is 12.7. The molecule has 0 saturated heterocycles. The van der Waals surface area contributed by atoms with Gasteiger partial charge in [-0.3, -0.25) is 0 Å². The van der Waals surface area contributed by atoms with E-state index in [-0.39, 0.29) is 4.83 Å². The highest BCUT2D eigenvalue weighted by Gasteiger charge is 2.14. The number of fused-ring (bicyclic) bond motifs is 1. The van der Waals surface area contributed by atoms with Crippen LogP contribution in [-0.2, 0) is 6.42 Å². The molecule has 1 atom stereocenters. The van der Waals surface area contributed by atoms with Crippen molar-refractivity contribution in [2.45, 2.75) is 11.2 Å². The molecule has 3 aromatic rings. The van der Waals surface area contributed by atoms with Gasteiger partial charge in [-0.15, -0.1) is 0 Å². The van der Waals surface area contributed by atoms with Gasteiger partial charge in [0.05, 0.1) is 6.26 Å². The summed E-state index contributed by atoms with van der Waals surface area (Å²) in [6.07, 6.45) is 2.64. The first-order valence-electron chi connectivity index (χ1n) is 6.08. The van der Waals surface area contributed by atoms with E-state index in [9.17, 15) is 0 Å². The lowest BCUT2D eigenvalue weighted by Gasteiger charge is -2.09. The van der Waals surface area contributed by atoms with Crippen LogP contribution < -0.4 is 0 Å². The van der Waals surface area contributed by atoms with Gasteiger partial charge < -0.3 is 4.42 Å². The van der Waals surface area contributed by atoms with Gasteiger partial charge >= 0.3 is 0 Å². The molecule has 3 heteroatoms. The largest absolute Gasteiger partial charge is 0.457 e. The van der Waals surface area contributed by atoms with Crippen LogP contribution in [0.5, 0.6) is 0 Å². The molecule has 3 rings (SSSR count). The Morgan fingerprint density at radius 2 is 1.79 bits per heavy atom. The molecule has 96 valence electrons. The molecule has 0 spiro atoms. The first-order valence-corrected chi connectivity index (χ1v) is 7.79. The number of hydrogen-bond acceptors (Lipinski definition) is 1. The van der Waals surface area contributed by atoms with Crippen LogP contribution in [0.15, 0.2) is 63.9 Å². The molecule has 19 heavy (non-hydrogen) atoms. The van der Waals surface area contributed by atoms with E-state index in [1.54, 1.807) is 6.26 Å². The summed E-state index contributed by atoms with van der Waals surface area (Å²) in [4.78, 5) is 0.252. The van der Waals surface area contributed by atoms with Crippen molar-refractivity contribution in [1.29, 1.82) is 0 Å². The molecule has 0 aliphatic heterocycles. The van der Waals surface area contributed by atoms with Crippen LogP contribution in [-0.4, -0.2) is 0 Å². The number of halogens is 2. The third-order valence-electron chi connectivity index (χ3n) is 3.21. The lowest BCUT2D eigenvalue weighted by atomic mass is 10.0. The highest BCUT2D eigenvalue weighted by molar-refractivity contribution is 9.10. The van der Waals surface area contributed by atoms with Crippen molar-refractivity contribution < 1.29 is 4.42 Å². The standard InChI is InChI=1S/C16H12Br2O/c17-15(14-7-8-19-16(14)18)10-11-5-6-12-3-1-2-4-13(12)9-11/h1-9,15H,10H2. The van der Waals surface area contributed by atoms with Crippen molar-refractivity contribution in [3.63, 3.8) is 0 Å². The van der Waals surface area contributed by atoms with Crippen molar-refractivity contribution in [3.8, 4) is 0 Å². The monoisotopic (exact) mass is 378 g/mol. The zero-order valence-corrected chi connectivity index (χ0v) is 13.3. The molecule has 0 N–H and O–H groups in total. The van der Waals surface area contributed by atoms with Gasteiger partial charge in [-0.1, -0.05) is 58.4 Å². The second-order valence-corrected chi connectivity index (χ2v) is 6.33. The van der Waals surface area contributed by atoms with Crippen LogP contribution in [0, 0.1) is 0 Å². The molecule has 0 bridgehead atoms. The first kappa shape index (κ1) is 12.9. The average Bonchev–Trinajstić information content (AvgIpc) is 2.85. The summed E-state index contributed by atoms with van der Waals surface area (Å²) in [5, 5.41) is 2.56. The number of benzene rings is 2. The van der Waals surface area contributed by atoms with Gasteiger partial charge in [0, 0.05) is 10.4 Å². The molecule has 2 aromatic carbocycles. The van der Waals surface area contributed by atoms with Crippen LogP contribution in [0.25, 0.3) is 10.8 Å². The van der Waals surface area contributed by atoms with Crippen LogP contribution in [0.2, 0.25) is 0 Å². The predicted octanol–water partition coefficient (Wildman–Crippen LogP) is 5.87. The van der Waals surface area contributed by atoms with Gasteiger partial charge in [-0.05, 0) is 44.8 Å². The zero-order chi connectivity index (χ0) is 13.2. The Bertz CT molecular complexity index is 703. The van der Waals surface area contributed by atoms with E-state index in [2.05, 4.69) is 74.3 Å². The fourth-order valence-corrected chi connectivity index (χ4v) is 3.77. The minimum absolute atomic E-state index is 0.252. The molecular formula is C16H12Br2O. The Morgan fingerprint density at radius 3 is 2.53 bits per heavy atom. The van der Waals surface area contributed by atoms with Gasteiger partial charge in [-0.25, -0.2) is 0 Å². The van der Waals surface area contributed by atoms with Crippen molar-refractivity contribution in [3.05, 3.63) is 70.6 Å². The molecule has 1 aromatic heterocycles. The van der Waals surface area contributed by atoms with E-state index in [0.29, 0.717) is 0 Å². The summed E-state index contributed by atoms with van der Waals surface area (Å²) in [6, 6.07) is 17.0. The summed E-state index contributed by atoms with van der Waals surface area (Å²) >= 11 is 7.15. The smallest absolute Gasteiger partial charge is 0.173 e. The Hall–Kier alpha value is -1.06. The van der Waals surface area contributed by atoms with Gasteiger partial charge in [0.1, 0.15) is 0 Å².